The van der Waals surface area contributed by atoms with Gasteiger partial charge in [-0.05, 0) is 45.4 Å². The molecule has 1 aliphatic heterocycles. The van der Waals surface area contributed by atoms with E-state index in [-0.39, 0.29) is 6.10 Å². The highest BCUT2D eigenvalue weighted by atomic mass is 16.3. The number of aliphatic hydroxyl groups is 1. The lowest BCUT2D eigenvalue weighted by atomic mass is 9.99. The highest BCUT2D eigenvalue weighted by Gasteiger charge is 2.24. The first-order valence-corrected chi connectivity index (χ1v) is 7.19. The van der Waals surface area contributed by atoms with E-state index in [9.17, 15) is 5.11 Å². The molecule has 1 fully saturated rings. The van der Waals surface area contributed by atoms with Crippen LogP contribution in [-0.4, -0.2) is 60.3 Å². The molecule has 1 heterocycles. The smallest absolute Gasteiger partial charge is 0.0692 e. The Morgan fingerprint density at radius 3 is 2.35 bits per heavy atom. The fourth-order valence-corrected chi connectivity index (χ4v) is 2.57. The fraction of sp³-hybridized carbons (Fsp3) is 1.00. The molecule has 1 rings (SSSR count). The summed E-state index contributed by atoms with van der Waals surface area (Å²) in [6.07, 6.45) is 3.38. The van der Waals surface area contributed by atoms with Crippen molar-refractivity contribution in [2.24, 2.45) is 5.92 Å². The third-order valence-electron chi connectivity index (χ3n) is 4.40. The summed E-state index contributed by atoms with van der Waals surface area (Å²) in [4.78, 5) is 4.87. The molecule has 0 aromatic carbocycles. The molecule has 2 unspecified atom stereocenters. The maximum Gasteiger partial charge on any atom is 0.0692 e. The Labute approximate surface area is 107 Å². The van der Waals surface area contributed by atoms with Crippen molar-refractivity contribution in [3.8, 4) is 0 Å². The fourth-order valence-electron chi connectivity index (χ4n) is 2.57. The van der Waals surface area contributed by atoms with Crippen LogP contribution in [0, 0.1) is 5.92 Å². The van der Waals surface area contributed by atoms with E-state index in [1.54, 1.807) is 0 Å². The summed E-state index contributed by atoms with van der Waals surface area (Å²) < 4.78 is 0. The first-order chi connectivity index (χ1) is 8.08. The Morgan fingerprint density at radius 1 is 1.29 bits per heavy atom. The van der Waals surface area contributed by atoms with Crippen LogP contribution >= 0.6 is 0 Å². The molecule has 0 aromatic rings. The van der Waals surface area contributed by atoms with Crippen molar-refractivity contribution in [3.05, 3.63) is 0 Å². The highest BCUT2D eigenvalue weighted by Crippen LogP contribution is 2.17. The molecular weight excluding hydrogens is 212 g/mol. The summed E-state index contributed by atoms with van der Waals surface area (Å²) in [5.74, 6) is 0.410. The molecule has 2 atom stereocenters. The van der Waals surface area contributed by atoms with E-state index < -0.39 is 0 Å². The number of rotatable bonds is 6. The number of likely N-dealkylation sites (tertiary alicyclic amines) is 1. The van der Waals surface area contributed by atoms with Crippen LogP contribution in [0.5, 0.6) is 0 Å². The van der Waals surface area contributed by atoms with Gasteiger partial charge in [-0.15, -0.1) is 0 Å². The second-order valence-electron chi connectivity index (χ2n) is 5.56. The molecule has 0 saturated carbocycles. The van der Waals surface area contributed by atoms with Gasteiger partial charge < -0.3 is 14.9 Å². The van der Waals surface area contributed by atoms with Gasteiger partial charge in [0.25, 0.3) is 0 Å². The molecular formula is C14H30N2O. The van der Waals surface area contributed by atoms with Gasteiger partial charge in [-0.3, -0.25) is 0 Å². The maximum atomic E-state index is 10.1. The average molecular weight is 242 g/mol. The summed E-state index contributed by atoms with van der Waals surface area (Å²) in [6.45, 7) is 10.9. The second kappa shape index (κ2) is 7.34. The van der Waals surface area contributed by atoms with Crippen molar-refractivity contribution in [1.29, 1.82) is 0 Å². The lowest BCUT2D eigenvalue weighted by molar-refractivity contribution is 0.0463. The first kappa shape index (κ1) is 14.9. The molecule has 3 heteroatoms. The Bertz CT molecular complexity index is 202. The lowest BCUT2D eigenvalue weighted by Crippen LogP contribution is -2.46. The molecule has 0 spiro atoms. The topological polar surface area (TPSA) is 26.7 Å². The minimum Gasteiger partial charge on any atom is -0.392 e. The summed E-state index contributed by atoms with van der Waals surface area (Å²) in [5, 5.41) is 10.1. The van der Waals surface area contributed by atoms with Crippen LogP contribution in [0.15, 0.2) is 0 Å². The molecule has 1 aliphatic rings. The minimum absolute atomic E-state index is 0.172. The zero-order chi connectivity index (χ0) is 12.8. The predicted molar refractivity (Wildman–Crippen MR) is 73.2 cm³/mol. The van der Waals surface area contributed by atoms with E-state index in [1.165, 1.54) is 32.5 Å². The predicted octanol–water partition coefficient (Wildman–Crippen LogP) is 1.81. The summed E-state index contributed by atoms with van der Waals surface area (Å²) >= 11 is 0. The van der Waals surface area contributed by atoms with Crippen molar-refractivity contribution in [3.63, 3.8) is 0 Å². The van der Waals surface area contributed by atoms with Crippen molar-refractivity contribution in [2.45, 2.75) is 52.2 Å². The SMILES string of the molecule is CCC(C)C(O)CN(C)C1CCN(CC)CC1. The summed E-state index contributed by atoms with van der Waals surface area (Å²) in [7, 11) is 2.16. The zero-order valence-corrected chi connectivity index (χ0v) is 12.0. The number of hydrogen-bond acceptors (Lipinski definition) is 3. The van der Waals surface area contributed by atoms with Gasteiger partial charge in [-0.25, -0.2) is 0 Å². The normalized spacial score (nSPS) is 22.9. The summed E-state index contributed by atoms with van der Waals surface area (Å²) in [6, 6.07) is 0.663. The molecule has 102 valence electrons. The van der Waals surface area contributed by atoms with Gasteiger partial charge in [0.15, 0.2) is 0 Å². The molecule has 0 aromatic heterocycles. The van der Waals surface area contributed by atoms with E-state index >= 15 is 0 Å². The number of aliphatic hydroxyl groups excluding tert-OH is 1. The van der Waals surface area contributed by atoms with Gasteiger partial charge >= 0.3 is 0 Å². The third kappa shape index (κ3) is 4.57. The highest BCUT2D eigenvalue weighted by molar-refractivity contribution is 4.79. The molecule has 17 heavy (non-hydrogen) atoms. The monoisotopic (exact) mass is 242 g/mol. The Morgan fingerprint density at radius 2 is 1.88 bits per heavy atom. The molecule has 0 bridgehead atoms. The van der Waals surface area contributed by atoms with Crippen molar-refractivity contribution < 1.29 is 5.11 Å². The van der Waals surface area contributed by atoms with Crippen LogP contribution in [0.3, 0.4) is 0 Å². The van der Waals surface area contributed by atoms with Crippen molar-refractivity contribution >= 4 is 0 Å². The molecule has 0 radical (unpaired) electrons. The van der Waals surface area contributed by atoms with E-state index in [1.807, 2.05) is 0 Å². The molecule has 3 nitrogen and oxygen atoms in total. The van der Waals surface area contributed by atoms with Gasteiger partial charge in [0, 0.05) is 12.6 Å². The molecule has 1 N–H and O–H groups in total. The Hall–Kier alpha value is -0.120. The number of piperidine rings is 1. The largest absolute Gasteiger partial charge is 0.392 e. The van der Waals surface area contributed by atoms with Gasteiger partial charge in [0.1, 0.15) is 0 Å². The van der Waals surface area contributed by atoms with E-state index in [4.69, 9.17) is 0 Å². The van der Waals surface area contributed by atoms with E-state index in [2.05, 4.69) is 37.6 Å². The van der Waals surface area contributed by atoms with Crippen LogP contribution in [0.25, 0.3) is 0 Å². The van der Waals surface area contributed by atoms with Gasteiger partial charge in [-0.2, -0.15) is 0 Å². The van der Waals surface area contributed by atoms with Crippen LogP contribution < -0.4 is 0 Å². The van der Waals surface area contributed by atoms with Crippen molar-refractivity contribution in [2.75, 3.05) is 33.2 Å². The zero-order valence-electron chi connectivity index (χ0n) is 12.0. The van der Waals surface area contributed by atoms with Crippen molar-refractivity contribution in [1.82, 2.24) is 9.80 Å². The second-order valence-corrected chi connectivity index (χ2v) is 5.56. The number of hydrogen-bond donors (Lipinski definition) is 1. The minimum atomic E-state index is -0.172. The number of likely N-dealkylation sites (N-methyl/N-ethyl adjacent to an activating group) is 1. The van der Waals surface area contributed by atoms with Gasteiger partial charge in [0.2, 0.25) is 0 Å². The molecule has 0 amide bonds. The van der Waals surface area contributed by atoms with E-state index in [0.717, 1.165) is 13.0 Å². The van der Waals surface area contributed by atoms with E-state index in [0.29, 0.717) is 12.0 Å². The van der Waals surface area contributed by atoms with Gasteiger partial charge in [0.05, 0.1) is 6.10 Å². The first-order valence-electron chi connectivity index (χ1n) is 7.19. The third-order valence-corrected chi connectivity index (χ3v) is 4.40. The molecule has 0 aliphatic carbocycles. The van der Waals surface area contributed by atoms with Gasteiger partial charge in [-0.1, -0.05) is 27.2 Å². The molecule has 1 saturated heterocycles. The number of nitrogens with zero attached hydrogens (tertiary/aromatic N) is 2. The standard InChI is InChI=1S/C14H30N2O/c1-5-12(3)14(17)11-15(4)13-7-9-16(6-2)10-8-13/h12-14,17H,5-11H2,1-4H3. The Kier molecular flexibility index (Phi) is 6.45. The summed E-state index contributed by atoms with van der Waals surface area (Å²) in [5.41, 5.74) is 0. The Balaban J connectivity index is 2.31. The van der Waals surface area contributed by atoms with Crippen LogP contribution in [0.1, 0.15) is 40.0 Å². The quantitative estimate of drug-likeness (QED) is 0.769. The van der Waals surface area contributed by atoms with Crippen LogP contribution in [0.4, 0.5) is 0 Å². The maximum absolute atomic E-state index is 10.1. The average Bonchev–Trinajstić information content (AvgIpc) is 2.37. The lowest BCUT2D eigenvalue weighted by Gasteiger charge is -2.37. The van der Waals surface area contributed by atoms with Crippen LogP contribution in [-0.2, 0) is 0 Å². The van der Waals surface area contributed by atoms with Crippen LogP contribution in [0.2, 0.25) is 0 Å².